The average Bonchev–Trinajstić information content (AvgIpc) is 3.55. The van der Waals surface area contributed by atoms with Crippen molar-refractivity contribution in [2.24, 2.45) is 5.41 Å². The summed E-state index contributed by atoms with van der Waals surface area (Å²) in [5.74, 6) is 0.572. The molecule has 1 aliphatic carbocycles. The number of hydrogen-bond acceptors (Lipinski definition) is 5. The number of carbonyl (C=O) groups is 2. The molecule has 0 unspecified atom stereocenters. The molecule has 39 heavy (non-hydrogen) atoms. The molecule has 0 bridgehead atoms. The molecular weight excluding hydrogens is 488 g/mol. The fourth-order valence-electron chi connectivity index (χ4n) is 5.69. The van der Waals surface area contributed by atoms with Crippen LogP contribution in [0.5, 0.6) is 5.75 Å². The molecule has 0 saturated carbocycles. The lowest BCUT2D eigenvalue weighted by Gasteiger charge is -2.29. The number of methoxy groups -OCH3 is 1. The number of Topliss-reactive ketones (excluding diaryl/α,β-unsaturated/α-hetero) is 2. The summed E-state index contributed by atoms with van der Waals surface area (Å²) in [6.07, 6.45) is 2.08. The van der Waals surface area contributed by atoms with Gasteiger partial charge in [-0.1, -0.05) is 62.4 Å². The highest BCUT2D eigenvalue weighted by Gasteiger charge is 2.50. The third-order valence-electron chi connectivity index (χ3n) is 7.54. The van der Waals surface area contributed by atoms with Crippen molar-refractivity contribution in [2.75, 3.05) is 7.11 Å². The van der Waals surface area contributed by atoms with Crippen LogP contribution in [-0.4, -0.2) is 34.6 Å². The average molecular weight is 519 g/mol. The van der Waals surface area contributed by atoms with Gasteiger partial charge in [-0.3, -0.25) is 9.59 Å². The zero-order chi connectivity index (χ0) is 27.1. The van der Waals surface area contributed by atoms with Crippen molar-refractivity contribution >= 4 is 11.6 Å². The monoisotopic (exact) mass is 518 g/mol. The Kier molecular flexibility index (Phi) is 6.18. The van der Waals surface area contributed by atoms with E-state index in [2.05, 4.69) is 13.8 Å². The highest BCUT2D eigenvalue weighted by molar-refractivity contribution is 6.06. The van der Waals surface area contributed by atoms with Crippen molar-refractivity contribution in [3.8, 4) is 22.7 Å². The molecular formula is C33H30N2O4. The molecule has 1 aliphatic heterocycles. The first-order chi connectivity index (χ1) is 18.8. The second-order valence-corrected chi connectivity index (χ2v) is 11.0. The fourth-order valence-corrected chi connectivity index (χ4v) is 5.69. The fraction of sp³-hybridized carbons (Fsp3) is 0.242. The Bertz CT molecular complexity index is 1570. The summed E-state index contributed by atoms with van der Waals surface area (Å²) in [4.78, 5) is 27.7. The van der Waals surface area contributed by atoms with Crippen LogP contribution in [0.1, 0.15) is 48.5 Å². The Labute approximate surface area is 227 Å². The van der Waals surface area contributed by atoms with E-state index in [1.807, 2.05) is 71.5 Å². The first kappa shape index (κ1) is 24.9. The summed E-state index contributed by atoms with van der Waals surface area (Å²) in [6, 6.07) is 26.7. The summed E-state index contributed by atoms with van der Waals surface area (Å²) in [6.45, 7) is 4.13. The Morgan fingerprint density at radius 3 is 2.28 bits per heavy atom. The highest BCUT2D eigenvalue weighted by atomic mass is 16.5. The standard InChI is InChI=1S/C33H30N2O4/c1-33(2)18-26(36)29-27(19-33)39-32(31(37)22-14-16-24(38-3)17-15-22)28(29)25-20-35(23-12-8-5-9-13-23)34-30(25)21-10-6-4-7-11-21/h4-17,20,28,32H,18-19H2,1-3H3/t28-,32-/m0/s1. The molecule has 2 heterocycles. The predicted molar refractivity (Wildman–Crippen MR) is 149 cm³/mol. The lowest BCUT2D eigenvalue weighted by Crippen LogP contribution is -2.29. The lowest BCUT2D eigenvalue weighted by atomic mass is 9.72. The second-order valence-electron chi connectivity index (χ2n) is 11.0. The molecule has 0 amide bonds. The number of nitrogens with zero attached hydrogens (tertiary/aromatic N) is 2. The van der Waals surface area contributed by atoms with Gasteiger partial charge in [-0.2, -0.15) is 5.10 Å². The molecule has 0 radical (unpaired) electrons. The van der Waals surface area contributed by atoms with E-state index in [1.54, 1.807) is 31.4 Å². The zero-order valence-electron chi connectivity index (χ0n) is 22.3. The first-order valence-electron chi connectivity index (χ1n) is 13.2. The van der Waals surface area contributed by atoms with Crippen LogP contribution in [0.3, 0.4) is 0 Å². The molecule has 0 N–H and O–H groups in total. The highest BCUT2D eigenvalue weighted by Crippen LogP contribution is 2.51. The van der Waals surface area contributed by atoms with Gasteiger partial charge in [0.15, 0.2) is 11.9 Å². The normalized spacial score (nSPS) is 19.9. The molecule has 0 spiro atoms. The van der Waals surface area contributed by atoms with E-state index in [4.69, 9.17) is 14.6 Å². The molecule has 196 valence electrons. The quantitative estimate of drug-likeness (QED) is 0.271. The number of ketones is 2. The van der Waals surface area contributed by atoms with Crippen LogP contribution in [-0.2, 0) is 9.53 Å². The van der Waals surface area contributed by atoms with E-state index in [0.29, 0.717) is 35.5 Å². The number of rotatable bonds is 6. The van der Waals surface area contributed by atoms with Crippen LogP contribution < -0.4 is 4.74 Å². The van der Waals surface area contributed by atoms with Gasteiger partial charge in [0.2, 0.25) is 5.78 Å². The van der Waals surface area contributed by atoms with Gasteiger partial charge in [0.1, 0.15) is 11.5 Å². The molecule has 1 aromatic heterocycles. The number of ether oxygens (including phenoxy) is 2. The van der Waals surface area contributed by atoms with Gasteiger partial charge in [-0.15, -0.1) is 0 Å². The van der Waals surface area contributed by atoms with Gasteiger partial charge >= 0.3 is 0 Å². The van der Waals surface area contributed by atoms with E-state index in [9.17, 15) is 9.59 Å². The van der Waals surface area contributed by atoms with Crippen LogP contribution in [0.25, 0.3) is 16.9 Å². The minimum absolute atomic E-state index is 0.0303. The van der Waals surface area contributed by atoms with E-state index >= 15 is 0 Å². The van der Waals surface area contributed by atoms with Gasteiger partial charge < -0.3 is 9.47 Å². The Morgan fingerprint density at radius 2 is 1.62 bits per heavy atom. The number of benzene rings is 3. The van der Waals surface area contributed by atoms with Crippen molar-refractivity contribution < 1.29 is 19.1 Å². The molecule has 6 rings (SSSR count). The zero-order valence-corrected chi connectivity index (χ0v) is 22.3. The van der Waals surface area contributed by atoms with Crippen molar-refractivity contribution in [3.63, 3.8) is 0 Å². The van der Waals surface area contributed by atoms with E-state index in [-0.39, 0.29) is 17.0 Å². The van der Waals surface area contributed by atoms with Gasteiger partial charge in [-0.25, -0.2) is 4.68 Å². The van der Waals surface area contributed by atoms with Gasteiger partial charge in [0.05, 0.1) is 24.4 Å². The van der Waals surface area contributed by atoms with Crippen molar-refractivity contribution in [1.29, 1.82) is 0 Å². The molecule has 0 fully saturated rings. The van der Waals surface area contributed by atoms with E-state index in [0.717, 1.165) is 22.5 Å². The minimum atomic E-state index is -0.878. The third kappa shape index (κ3) is 4.56. The van der Waals surface area contributed by atoms with Crippen LogP contribution in [0.2, 0.25) is 0 Å². The summed E-state index contributed by atoms with van der Waals surface area (Å²) >= 11 is 0. The van der Waals surface area contributed by atoms with Crippen molar-refractivity contribution in [2.45, 2.75) is 38.7 Å². The van der Waals surface area contributed by atoms with Crippen LogP contribution in [0, 0.1) is 5.41 Å². The predicted octanol–water partition coefficient (Wildman–Crippen LogP) is 6.56. The van der Waals surface area contributed by atoms with Crippen molar-refractivity contribution in [1.82, 2.24) is 9.78 Å². The summed E-state index contributed by atoms with van der Waals surface area (Å²) in [7, 11) is 1.59. The van der Waals surface area contributed by atoms with Gasteiger partial charge in [0, 0.05) is 41.3 Å². The summed E-state index contributed by atoms with van der Waals surface area (Å²) in [5, 5.41) is 4.98. The van der Waals surface area contributed by atoms with E-state index < -0.39 is 12.0 Å². The number of aromatic nitrogens is 2. The number of carbonyl (C=O) groups excluding carboxylic acids is 2. The summed E-state index contributed by atoms with van der Waals surface area (Å²) in [5.41, 5.74) is 4.20. The maximum absolute atomic E-state index is 14.0. The molecule has 2 atom stereocenters. The number of hydrogen-bond donors (Lipinski definition) is 0. The topological polar surface area (TPSA) is 70.4 Å². The number of para-hydroxylation sites is 1. The van der Waals surface area contributed by atoms with Crippen molar-refractivity contribution in [3.05, 3.63) is 114 Å². The van der Waals surface area contributed by atoms with Crippen LogP contribution >= 0.6 is 0 Å². The Hall–Kier alpha value is -4.45. The molecule has 2 aliphatic rings. The number of allylic oxidation sites excluding steroid dienone is 1. The Balaban J connectivity index is 1.53. The molecule has 0 saturated heterocycles. The second kappa shape index (κ2) is 9.70. The Morgan fingerprint density at radius 1 is 0.949 bits per heavy atom. The maximum Gasteiger partial charge on any atom is 0.204 e. The minimum Gasteiger partial charge on any atom is -0.497 e. The summed E-state index contributed by atoms with van der Waals surface area (Å²) < 4.78 is 13.6. The third-order valence-corrected chi connectivity index (χ3v) is 7.54. The molecule has 6 nitrogen and oxygen atoms in total. The van der Waals surface area contributed by atoms with Gasteiger partial charge in [-0.05, 0) is 41.8 Å². The largest absolute Gasteiger partial charge is 0.497 e. The maximum atomic E-state index is 14.0. The van der Waals surface area contributed by atoms with Crippen LogP contribution in [0.4, 0.5) is 0 Å². The van der Waals surface area contributed by atoms with Gasteiger partial charge in [0.25, 0.3) is 0 Å². The SMILES string of the molecule is COc1ccc(C(=O)[C@H]2OC3=C(C(=O)CC(C)(C)C3)[C@@H]2c2cn(-c3ccccc3)nc2-c2ccccc2)cc1. The smallest absolute Gasteiger partial charge is 0.204 e. The van der Waals surface area contributed by atoms with E-state index in [1.165, 1.54) is 0 Å². The molecule has 4 aromatic rings. The molecule has 6 heteroatoms. The first-order valence-corrected chi connectivity index (χ1v) is 13.2. The lowest BCUT2D eigenvalue weighted by molar-refractivity contribution is -0.118. The van der Waals surface area contributed by atoms with Crippen LogP contribution in [0.15, 0.2) is 102 Å². The molecule has 3 aromatic carbocycles.